The molecule has 0 aliphatic carbocycles. The third-order valence-electron chi connectivity index (χ3n) is 4.68. The summed E-state index contributed by atoms with van der Waals surface area (Å²) < 4.78 is 16.0. The highest BCUT2D eigenvalue weighted by Crippen LogP contribution is 2.20. The Morgan fingerprint density at radius 2 is 1.96 bits per heavy atom. The number of aliphatic hydroxyl groups is 1. The number of Topliss-reactive ketones (excluding diaryl/α,β-unsaturated/α-hetero) is 1. The number of benzene rings is 1. The molecule has 152 valence electrons. The maximum Gasteiger partial charge on any atom is 0.191 e. The molecule has 2 aromatic rings. The number of aliphatic hydroxyl groups excluding tert-OH is 1. The molecule has 0 spiro atoms. The average molecular weight is 387 g/mol. The topological polar surface area (TPSA) is 81.8 Å². The number of methoxy groups -OCH3 is 1. The number of carbonyl (C=O) groups is 1. The molecule has 1 heterocycles. The van der Waals surface area contributed by atoms with E-state index in [9.17, 15) is 9.90 Å². The van der Waals surface area contributed by atoms with Crippen molar-refractivity contribution < 1.29 is 23.8 Å². The highest BCUT2D eigenvalue weighted by atomic mass is 16.5. The van der Waals surface area contributed by atoms with Crippen LogP contribution >= 0.6 is 0 Å². The zero-order chi connectivity index (χ0) is 20.7. The van der Waals surface area contributed by atoms with Gasteiger partial charge in [-0.2, -0.15) is 0 Å². The van der Waals surface area contributed by atoms with Gasteiger partial charge < -0.3 is 19.0 Å². The first-order chi connectivity index (χ1) is 13.3. The Kier molecular flexibility index (Phi) is 7.96. The lowest BCUT2D eigenvalue weighted by Gasteiger charge is -2.22. The molecule has 0 amide bonds. The van der Waals surface area contributed by atoms with Crippen LogP contribution < -0.4 is 4.74 Å². The highest BCUT2D eigenvalue weighted by molar-refractivity contribution is 5.84. The molecule has 0 aliphatic heterocycles. The van der Waals surface area contributed by atoms with E-state index in [1.54, 1.807) is 34.0 Å². The van der Waals surface area contributed by atoms with Crippen LogP contribution in [-0.4, -0.2) is 35.7 Å². The van der Waals surface area contributed by atoms with Crippen LogP contribution in [0.1, 0.15) is 37.9 Å². The van der Waals surface area contributed by atoms with Crippen molar-refractivity contribution in [3.05, 3.63) is 53.2 Å². The zero-order valence-corrected chi connectivity index (χ0v) is 17.1. The summed E-state index contributed by atoms with van der Waals surface area (Å²) in [5.41, 5.74) is 2.31. The summed E-state index contributed by atoms with van der Waals surface area (Å²) >= 11 is 0. The Morgan fingerprint density at radius 3 is 2.54 bits per heavy atom. The van der Waals surface area contributed by atoms with Crippen molar-refractivity contribution in [3.8, 4) is 5.75 Å². The lowest BCUT2D eigenvalue weighted by Crippen LogP contribution is -2.32. The smallest absolute Gasteiger partial charge is 0.191 e. The molecule has 2 rings (SSSR count). The molecule has 0 aliphatic rings. The van der Waals surface area contributed by atoms with Crippen molar-refractivity contribution in [2.75, 3.05) is 13.7 Å². The summed E-state index contributed by atoms with van der Waals surface area (Å²) in [6.07, 6.45) is 2.37. The van der Waals surface area contributed by atoms with Crippen molar-refractivity contribution in [2.24, 2.45) is 11.8 Å². The number of rotatable bonds is 10. The van der Waals surface area contributed by atoms with E-state index in [1.807, 2.05) is 31.2 Å². The van der Waals surface area contributed by atoms with E-state index in [-0.39, 0.29) is 11.7 Å². The Bertz CT molecular complexity index is 794. The molecule has 28 heavy (non-hydrogen) atoms. The lowest BCUT2D eigenvalue weighted by atomic mass is 9.88. The Labute approximate surface area is 166 Å². The van der Waals surface area contributed by atoms with Crippen molar-refractivity contribution in [3.63, 3.8) is 0 Å². The van der Waals surface area contributed by atoms with Crippen molar-refractivity contribution >= 4 is 11.9 Å². The molecule has 1 aromatic carbocycles. The number of ether oxygens (including phenoxy) is 2. The number of aromatic nitrogens is 1. The lowest BCUT2D eigenvalue weighted by molar-refractivity contribution is -0.130. The number of hydrogen-bond donors (Lipinski definition) is 1. The van der Waals surface area contributed by atoms with Gasteiger partial charge in [0.2, 0.25) is 0 Å². The van der Waals surface area contributed by atoms with E-state index in [0.29, 0.717) is 30.4 Å². The van der Waals surface area contributed by atoms with E-state index in [0.717, 1.165) is 11.3 Å². The van der Waals surface area contributed by atoms with E-state index in [4.69, 9.17) is 13.9 Å². The van der Waals surface area contributed by atoms with Gasteiger partial charge in [0.05, 0.1) is 26.4 Å². The quantitative estimate of drug-likeness (QED) is 0.667. The Morgan fingerprint density at radius 1 is 1.29 bits per heavy atom. The summed E-state index contributed by atoms with van der Waals surface area (Å²) in [6.45, 7) is 7.81. The minimum Gasteiger partial charge on any atom is -0.497 e. The average Bonchev–Trinajstić information content (AvgIpc) is 3.11. The van der Waals surface area contributed by atoms with E-state index < -0.39 is 12.0 Å². The Balaban J connectivity index is 1.85. The predicted molar refractivity (Wildman–Crippen MR) is 107 cm³/mol. The molecule has 0 unspecified atom stereocenters. The molecule has 0 radical (unpaired) electrons. The first-order valence-electron chi connectivity index (χ1n) is 9.34. The molecule has 1 aromatic heterocycles. The normalized spacial score (nSPS) is 15.1. The van der Waals surface area contributed by atoms with Crippen LogP contribution in [-0.2, 0) is 16.1 Å². The van der Waals surface area contributed by atoms with Crippen LogP contribution in [0.4, 0.5) is 0 Å². The molecule has 0 saturated heterocycles. The number of ketones is 1. The third kappa shape index (κ3) is 6.04. The standard InChI is InChI=1S/C22H29NO5/c1-14(10-19-13-28-17(4)23-19)21(24)16(3)22(25)15(2)11-27-12-18-6-8-20(26-5)9-7-18/h6-10,13,15-16,21,24H,11-12H2,1-5H3/b14-10+/t15-,16-,21-/m0/s1. The van der Waals surface area contributed by atoms with Gasteiger partial charge in [-0.05, 0) is 36.3 Å². The fourth-order valence-corrected chi connectivity index (χ4v) is 2.92. The van der Waals surface area contributed by atoms with E-state index >= 15 is 0 Å². The third-order valence-corrected chi connectivity index (χ3v) is 4.68. The minimum atomic E-state index is -0.881. The molecular weight excluding hydrogens is 358 g/mol. The van der Waals surface area contributed by atoms with Gasteiger partial charge in [0.1, 0.15) is 23.5 Å². The van der Waals surface area contributed by atoms with Crippen LogP contribution in [0.2, 0.25) is 0 Å². The maximum absolute atomic E-state index is 12.7. The molecule has 6 nitrogen and oxygen atoms in total. The second-order valence-corrected chi connectivity index (χ2v) is 7.08. The summed E-state index contributed by atoms with van der Waals surface area (Å²) in [5.74, 6) is 0.458. The zero-order valence-electron chi connectivity index (χ0n) is 17.1. The minimum absolute atomic E-state index is 0.0358. The fourth-order valence-electron chi connectivity index (χ4n) is 2.92. The summed E-state index contributed by atoms with van der Waals surface area (Å²) in [5, 5.41) is 10.5. The maximum atomic E-state index is 12.7. The van der Waals surface area contributed by atoms with E-state index in [1.165, 1.54) is 6.26 Å². The first kappa shape index (κ1) is 21.9. The number of nitrogens with zero attached hydrogens (tertiary/aromatic N) is 1. The van der Waals surface area contributed by atoms with Gasteiger partial charge in [0, 0.05) is 18.8 Å². The number of aryl methyl sites for hydroxylation is 1. The molecule has 0 fully saturated rings. The highest BCUT2D eigenvalue weighted by Gasteiger charge is 2.27. The van der Waals surface area contributed by atoms with Crippen LogP contribution in [0.15, 0.2) is 40.5 Å². The SMILES string of the molecule is COc1ccc(COC[C@H](C)C(=O)[C@@H](C)[C@@H](O)/C(C)=C/c2coc(C)n2)cc1. The van der Waals surface area contributed by atoms with E-state index in [2.05, 4.69) is 4.98 Å². The van der Waals surface area contributed by atoms with Crippen molar-refractivity contribution in [2.45, 2.75) is 40.4 Å². The van der Waals surface area contributed by atoms with Gasteiger partial charge >= 0.3 is 0 Å². The fraction of sp³-hybridized carbons (Fsp3) is 0.455. The van der Waals surface area contributed by atoms with Crippen LogP contribution in [0, 0.1) is 18.8 Å². The molecule has 6 heteroatoms. The van der Waals surface area contributed by atoms with Crippen LogP contribution in [0.3, 0.4) is 0 Å². The van der Waals surface area contributed by atoms with Crippen molar-refractivity contribution in [1.29, 1.82) is 0 Å². The van der Waals surface area contributed by atoms with Crippen molar-refractivity contribution in [1.82, 2.24) is 4.98 Å². The van der Waals surface area contributed by atoms with Gasteiger partial charge in [-0.15, -0.1) is 0 Å². The van der Waals surface area contributed by atoms with Crippen LogP contribution in [0.25, 0.3) is 6.08 Å². The predicted octanol–water partition coefficient (Wildman–Crippen LogP) is 3.81. The number of carbonyl (C=O) groups excluding carboxylic acids is 1. The number of hydrogen-bond acceptors (Lipinski definition) is 6. The molecule has 0 bridgehead atoms. The summed E-state index contributed by atoms with van der Waals surface area (Å²) in [6, 6.07) is 7.60. The van der Waals surface area contributed by atoms with Gasteiger partial charge in [0.15, 0.2) is 5.89 Å². The monoisotopic (exact) mass is 387 g/mol. The van der Waals surface area contributed by atoms with Crippen LogP contribution in [0.5, 0.6) is 5.75 Å². The summed E-state index contributed by atoms with van der Waals surface area (Å²) in [7, 11) is 1.62. The van der Waals surface area contributed by atoms with Gasteiger partial charge in [0.25, 0.3) is 0 Å². The Hall–Kier alpha value is -2.44. The molecule has 0 saturated carbocycles. The molecular formula is C22H29NO5. The largest absolute Gasteiger partial charge is 0.497 e. The second kappa shape index (κ2) is 10.2. The molecule has 1 N–H and O–H groups in total. The number of oxazole rings is 1. The first-order valence-corrected chi connectivity index (χ1v) is 9.34. The van der Waals surface area contributed by atoms with Gasteiger partial charge in [-0.25, -0.2) is 4.98 Å². The van der Waals surface area contributed by atoms with Gasteiger partial charge in [-0.3, -0.25) is 4.79 Å². The second-order valence-electron chi connectivity index (χ2n) is 7.08. The summed E-state index contributed by atoms with van der Waals surface area (Å²) in [4.78, 5) is 16.8. The molecule has 3 atom stereocenters. The van der Waals surface area contributed by atoms with Gasteiger partial charge in [-0.1, -0.05) is 26.0 Å².